The first-order valence-electron chi connectivity index (χ1n) is 10.2. The van der Waals surface area contributed by atoms with Crippen LogP contribution in [0.4, 0.5) is 4.39 Å². The number of likely N-dealkylation sites (tertiary alicyclic amines) is 1. The summed E-state index contributed by atoms with van der Waals surface area (Å²) in [6.45, 7) is 2.52. The predicted octanol–water partition coefficient (Wildman–Crippen LogP) is 3.27. The van der Waals surface area contributed by atoms with Gasteiger partial charge in [0.1, 0.15) is 11.4 Å². The number of hydrogen-bond acceptors (Lipinski definition) is 6. The van der Waals surface area contributed by atoms with Gasteiger partial charge in [-0.1, -0.05) is 18.2 Å². The van der Waals surface area contributed by atoms with Gasteiger partial charge in [-0.3, -0.25) is 9.59 Å². The standard InChI is InChI=1S/C23H27FN2O5/c1-4-31-22(28)23(14-16-8-5-6-9-18(16)24)12-7-13-26(15-23)21(27)17-10-11-19(29-2)25-20(17)30-3/h5-6,8-11H,4,7,12-15H2,1-3H3. The Hall–Kier alpha value is -3.16. The van der Waals surface area contributed by atoms with Crippen LogP contribution in [0.1, 0.15) is 35.7 Å². The molecule has 166 valence electrons. The second-order valence-corrected chi connectivity index (χ2v) is 7.51. The summed E-state index contributed by atoms with van der Waals surface area (Å²) in [4.78, 5) is 32.1. The van der Waals surface area contributed by atoms with E-state index in [2.05, 4.69) is 4.98 Å². The normalized spacial score (nSPS) is 18.4. The Balaban J connectivity index is 1.92. The van der Waals surface area contributed by atoms with Crippen LogP contribution in [0, 0.1) is 11.2 Å². The first-order chi connectivity index (χ1) is 14.9. The molecule has 0 N–H and O–H groups in total. The first-order valence-corrected chi connectivity index (χ1v) is 10.2. The van der Waals surface area contributed by atoms with E-state index in [0.717, 1.165) is 0 Å². The monoisotopic (exact) mass is 430 g/mol. The van der Waals surface area contributed by atoms with E-state index in [1.165, 1.54) is 20.3 Å². The Morgan fingerprint density at radius 3 is 2.61 bits per heavy atom. The molecule has 1 fully saturated rings. The lowest BCUT2D eigenvalue weighted by atomic mass is 9.74. The fourth-order valence-electron chi connectivity index (χ4n) is 4.00. The van der Waals surface area contributed by atoms with Gasteiger partial charge < -0.3 is 19.1 Å². The van der Waals surface area contributed by atoms with Crippen molar-refractivity contribution in [2.45, 2.75) is 26.2 Å². The highest BCUT2D eigenvalue weighted by atomic mass is 19.1. The minimum absolute atomic E-state index is 0.119. The molecule has 1 amide bonds. The summed E-state index contributed by atoms with van der Waals surface area (Å²) in [6.07, 6.45) is 1.24. The molecule has 1 saturated heterocycles. The maximum atomic E-state index is 14.4. The average Bonchev–Trinajstić information content (AvgIpc) is 2.80. The van der Waals surface area contributed by atoms with E-state index in [1.807, 2.05) is 0 Å². The van der Waals surface area contributed by atoms with Crippen molar-refractivity contribution in [1.82, 2.24) is 9.88 Å². The quantitative estimate of drug-likeness (QED) is 0.628. The van der Waals surface area contributed by atoms with E-state index in [-0.39, 0.29) is 42.7 Å². The molecule has 1 atom stereocenters. The largest absolute Gasteiger partial charge is 0.481 e. The minimum Gasteiger partial charge on any atom is -0.481 e. The van der Waals surface area contributed by atoms with Gasteiger partial charge in [0.15, 0.2) is 0 Å². The van der Waals surface area contributed by atoms with Crippen molar-refractivity contribution in [3.8, 4) is 11.8 Å². The van der Waals surface area contributed by atoms with Crippen LogP contribution in [0.25, 0.3) is 0 Å². The Bertz CT molecular complexity index is 951. The average molecular weight is 430 g/mol. The van der Waals surface area contributed by atoms with E-state index in [4.69, 9.17) is 14.2 Å². The zero-order valence-corrected chi connectivity index (χ0v) is 18.0. The third-order valence-corrected chi connectivity index (χ3v) is 5.53. The first kappa shape index (κ1) is 22.5. The molecule has 1 aliphatic heterocycles. The number of methoxy groups -OCH3 is 2. The number of aromatic nitrogens is 1. The van der Waals surface area contributed by atoms with Crippen LogP contribution in [0.5, 0.6) is 11.8 Å². The zero-order chi connectivity index (χ0) is 22.4. The number of piperidine rings is 1. The molecule has 0 spiro atoms. The van der Waals surface area contributed by atoms with Crippen LogP contribution in [-0.4, -0.2) is 55.7 Å². The van der Waals surface area contributed by atoms with Crippen molar-refractivity contribution in [1.29, 1.82) is 0 Å². The lowest BCUT2D eigenvalue weighted by Gasteiger charge is -2.41. The van der Waals surface area contributed by atoms with Gasteiger partial charge in [0.05, 0.1) is 26.2 Å². The molecule has 1 unspecified atom stereocenters. The maximum absolute atomic E-state index is 14.4. The topological polar surface area (TPSA) is 78.0 Å². The smallest absolute Gasteiger partial charge is 0.314 e. The molecule has 8 heteroatoms. The molecular weight excluding hydrogens is 403 g/mol. The number of hydrogen-bond donors (Lipinski definition) is 0. The number of amides is 1. The molecular formula is C23H27FN2O5. The van der Waals surface area contributed by atoms with E-state index < -0.39 is 11.4 Å². The molecule has 3 rings (SSSR count). The molecule has 1 aromatic heterocycles. The maximum Gasteiger partial charge on any atom is 0.314 e. The van der Waals surface area contributed by atoms with Gasteiger partial charge in [0.2, 0.25) is 11.8 Å². The van der Waals surface area contributed by atoms with Gasteiger partial charge in [0, 0.05) is 19.2 Å². The predicted molar refractivity (Wildman–Crippen MR) is 112 cm³/mol. The Morgan fingerprint density at radius 1 is 1.16 bits per heavy atom. The Kier molecular flexibility index (Phi) is 7.09. The van der Waals surface area contributed by atoms with E-state index in [9.17, 15) is 14.0 Å². The van der Waals surface area contributed by atoms with Crippen LogP contribution in [0.15, 0.2) is 36.4 Å². The molecule has 7 nitrogen and oxygen atoms in total. The van der Waals surface area contributed by atoms with Crippen molar-refractivity contribution < 1.29 is 28.2 Å². The summed E-state index contributed by atoms with van der Waals surface area (Å²) in [5.41, 5.74) is -0.332. The van der Waals surface area contributed by atoms with Crippen LogP contribution in [0.3, 0.4) is 0 Å². The SMILES string of the molecule is CCOC(=O)C1(Cc2ccccc2F)CCCN(C(=O)c2ccc(OC)nc2OC)C1. The van der Waals surface area contributed by atoms with E-state index in [1.54, 1.807) is 42.2 Å². The number of rotatable bonds is 7. The molecule has 0 saturated carbocycles. The molecule has 0 bridgehead atoms. The summed E-state index contributed by atoms with van der Waals surface area (Å²) >= 11 is 0. The van der Waals surface area contributed by atoms with Gasteiger partial charge in [0.25, 0.3) is 5.91 Å². The van der Waals surface area contributed by atoms with E-state index in [0.29, 0.717) is 30.8 Å². The van der Waals surface area contributed by atoms with Crippen LogP contribution < -0.4 is 9.47 Å². The van der Waals surface area contributed by atoms with Crippen LogP contribution >= 0.6 is 0 Å². The number of carbonyl (C=O) groups is 2. The second kappa shape index (κ2) is 9.76. The summed E-state index contributed by atoms with van der Waals surface area (Å²) in [5.74, 6) is -0.640. The van der Waals surface area contributed by atoms with Gasteiger partial charge in [-0.15, -0.1) is 0 Å². The van der Waals surface area contributed by atoms with Crippen molar-refractivity contribution in [3.05, 3.63) is 53.3 Å². The van der Waals surface area contributed by atoms with Crippen LogP contribution in [0.2, 0.25) is 0 Å². The molecule has 2 heterocycles. The lowest BCUT2D eigenvalue weighted by molar-refractivity contribution is -0.158. The third-order valence-electron chi connectivity index (χ3n) is 5.53. The lowest BCUT2D eigenvalue weighted by Crippen LogP contribution is -2.51. The summed E-state index contributed by atoms with van der Waals surface area (Å²) in [6, 6.07) is 9.54. The van der Waals surface area contributed by atoms with Gasteiger partial charge in [-0.05, 0) is 43.9 Å². The molecule has 0 aliphatic carbocycles. The third kappa shape index (κ3) is 4.78. The minimum atomic E-state index is -1.03. The number of benzene rings is 1. The van der Waals surface area contributed by atoms with Crippen molar-refractivity contribution in [2.75, 3.05) is 33.9 Å². The fourth-order valence-corrected chi connectivity index (χ4v) is 4.00. The molecule has 0 radical (unpaired) electrons. The van der Waals surface area contributed by atoms with Crippen LogP contribution in [-0.2, 0) is 16.0 Å². The number of esters is 1. The summed E-state index contributed by atoms with van der Waals surface area (Å²) in [5, 5.41) is 0. The van der Waals surface area contributed by atoms with Crippen molar-refractivity contribution in [3.63, 3.8) is 0 Å². The molecule has 31 heavy (non-hydrogen) atoms. The van der Waals surface area contributed by atoms with E-state index >= 15 is 0 Å². The fraction of sp³-hybridized carbons (Fsp3) is 0.435. The number of nitrogens with zero attached hydrogens (tertiary/aromatic N) is 2. The molecule has 1 aromatic carbocycles. The number of ether oxygens (including phenoxy) is 3. The summed E-state index contributed by atoms with van der Waals surface area (Å²) < 4.78 is 30.1. The number of carbonyl (C=O) groups excluding carboxylic acids is 2. The highest BCUT2D eigenvalue weighted by Gasteiger charge is 2.45. The Morgan fingerprint density at radius 2 is 1.94 bits per heavy atom. The zero-order valence-electron chi connectivity index (χ0n) is 18.0. The van der Waals surface area contributed by atoms with Gasteiger partial charge in [-0.2, -0.15) is 4.98 Å². The highest BCUT2D eigenvalue weighted by Crippen LogP contribution is 2.37. The molecule has 1 aliphatic rings. The van der Waals surface area contributed by atoms with Crippen molar-refractivity contribution in [2.24, 2.45) is 5.41 Å². The number of pyridine rings is 1. The van der Waals surface area contributed by atoms with Crippen molar-refractivity contribution >= 4 is 11.9 Å². The second-order valence-electron chi connectivity index (χ2n) is 7.51. The van der Waals surface area contributed by atoms with Gasteiger partial charge in [-0.25, -0.2) is 4.39 Å². The number of halogens is 1. The Labute approximate surface area is 181 Å². The molecule has 2 aromatic rings. The summed E-state index contributed by atoms with van der Waals surface area (Å²) in [7, 11) is 2.90. The highest BCUT2D eigenvalue weighted by molar-refractivity contribution is 5.97. The van der Waals surface area contributed by atoms with Gasteiger partial charge >= 0.3 is 5.97 Å².